The molecule has 4 nitrogen and oxygen atoms in total. The Hall–Kier alpha value is -5.87. The van der Waals surface area contributed by atoms with Crippen LogP contribution in [0.2, 0.25) is 0 Å². The van der Waals surface area contributed by atoms with E-state index in [1.54, 1.807) is 24.4 Å². The molecule has 0 amide bonds. The molecular weight excluding hydrogens is 791 g/mol. The maximum atomic E-state index is 8.75. The number of furan rings is 1. The number of hydrogen-bond acceptors (Lipinski definition) is 3. The van der Waals surface area contributed by atoms with Crippen molar-refractivity contribution in [2.24, 2.45) is 0 Å². The minimum atomic E-state index is -1.66. The minimum Gasteiger partial charge on any atom is -0.557 e. The van der Waals surface area contributed by atoms with Crippen LogP contribution in [0.3, 0.4) is 0 Å². The summed E-state index contributed by atoms with van der Waals surface area (Å²) in [4.78, 5) is 9.20. The number of pyridine rings is 1. The van der Waals surface area contributed by atoms with Crippen molar-refractivity contribution in [1.29, 1.82) is 0 Å². The molecule has 0 saturated heterocycles. The van der Waals surface area contributed by atoms with Gasteiger partial charge in [-0.2, -0.15) is 0 Å². The van der Waals surface area contributed by atoms with Gasteiger partial charge >= 0.3 is 0 Å². The van der Waals surface area contributed by atoms with E-state index in [9.17, 15) is 0 Å². The Morgan fingerprint density at radius 3 is 2.14 bits per heavy atom. The third-order valence-electron chi connectivity index (χ3n) is 8.24. The summed E-state index contributed by atoms with van der Waals surface area (Å²) < 4.78 is 25.5. The summed E-state index contributed by atoms with van der Waals surface area (Å²) in [5.41, 5.74) is 9.60. The van der Waals surface area contributed by atoms with Crippen molar-refractivity contribution < 1.29 is 27.3 Å². The quantitative estimate of drug-likeness (QED) is 0.157. The molecule has 0 aliphatic rings. The van der Waals surface area contributed by atoms with Gasteiger partial charge in [-0.3, -0.25) is 4.98 Å². The van der Waals surface area contributed by atoms with Gasteiger partial charge in [0.1, 0.15) is 0 Å². The van der Waals surface area contributed by atoms with Crippen molar-refractivity contribution in [1.82, 2.24) is 14.5 Å². The summed E-state index contributed by atoms with van der Waals surface area (Å²) in [7, 11) is 0. The van der Waals surface area contributed by atoms with Crippen LogP contribution in [0, 0.1) is 12.3 Å². The molecule has 0 unspecified atom stereocenters. The van der Waals surface area contributed by atoms with Crippen molar-refractivity contribution in [3.05, 3.63) is 200 Å². The van der Waals surface area contributed by atoms with Crippen molar-refractivity contribution in [3.63, 3.8) is 0 Å². The van der Waals surface area contributed by atoms with Crippen LogP contribution in [0.4, 0.5) is 0 Å². The van der Waals surface area contributed by atoms with E-state index in [1.165, 1.54) is 5.56 Å². The maximum Gasteiger partial charge on any atom is 0.0774 e. The Morgan fingerprint density at radius 1 is 0.660 bits per heavy atom. The monoisotopic (exact) mass is 824 g/mol. The second kappa shape index (κ2) is 15.1. The van der Waals surface area contributed by atoms with Crippen molar-refractivity contribution in [2.75, 3.05) is 0 Å². The van der Waals surface area contributed by atoms with Gasteiger partial charge in [-0.25, -0.2) is 0 Å². The van der Waals surface area contributed by atoms with E-state index in [-0.39, 0.29) is 20.1 Å². The fourth-order valence-electron chi connectivity index (χ4n) is 5.87. The van der Waals surface area contributed by atoms with E-state index in [0.717, 1.165) is 50.3 Å². The summed E-state index contributed by atoms with van der Waals surface area (Å²) in [5, 5.41) is 0.833. The Bertz CT molecular complexity index is 2500. The molecule has 0 spiro atoms. The first-order chi connectivity index (χ1) is 25.1. The van der Waals surface area contributed by atoms with E-state index < -0.39 is 6.37 Å². The molecule has 9 aromatic rings. The molecule has 0 aliphatic carbocycles. The van der Waals surface area contributed by atoms with Crippen LogP contribution in [-0.2, 0) is 26.5 Å². The zero-order chi connectivity index (χ0) is 34.6. The van der Waals surface area contributed by atoms with Crippen molar-refractivity contribution in [2.45, 2.75) is 6.37 Å². The van der Waals surface area contributed by atoms with Gasteiger partial charge in [-0.05, 0) is 59.1 Å². The molecule has 0 aliphatic heterocycles. The third kappa shape index (κ3) is 6.97. The van der Waals surface area contributed by atoms with E-state index in [4.69, 9.17) is 12.1 Å². The van der Waals surface area contributed by atoms with Gasteiger partial charge in [-0.15, -0.1) is 42.0 Å². The molecule has 5 heteroatoms. The molecular formula is C45H31IrN3O-2. The summed E-state index contributed by atoms with van der Waals surface area (Å²) >= 11 is 0. The van der Waals surface area contributed by atoms with E-state index >= 15 is 0 Å². The Kier molecular flexibility index (Phi) is 9.14. The average molecular weight is 824 g/mol. The van der Waals surface area contributed by atoms with Gasteiger partial charge in [0, 0.05) is 46.6 Å². The Labute approximate surface area is 307 Å². The molecule has 3 heterocycles. The Morgan fingerprint density at radius 2 is 1.38 bits per heavy atom. The first-order valence-electron chi connectivity index (χ1n) is 17.1. The zero-order valence-corrected chi connectivity index (χ0v) is 29.2. The fourth-order valence-corrected chi connectivity index (χ4v) is 5.87. The predicted octanol–water partition coefficient (Wildman–Crippen LogP) is 11.0. The molecule has 1 radical (unpaired) electrons. The molecule has 50 heavy (non-hydrogen) atoms. The van der Waals surface area contributed by atoms with Crippen molar-refractivity contribution >= 4 is 22.0 Å². The molecule has 0 saturated carbocycles. The largest absolute Gasteiger partial charge is 0.557 e. The standard InChI is InChI=1S/C34H23N2O.C11H8N.Ir/c1-3-9-24(10-4-1)21-25-15-20-29-30(23-37-33(29)22-25)34-35-31-13-7-8-14-32(31)36(34)28-18-16-27(17-19-28)26-11-5-2-6-12-26;1-2-6-10(7-3-1)11-8-4-5-9-12-11;/h1-20,22H,21H2;1-6,8-9H;/q2*-1;/i21D2;;. The normalized spacial score (nSPS) is 11.6. The molecule has 0 fully saturated rings. The van der Waals surface area contributed by atoms with Crippen LogP contribution in [0.5, 0.6) is 0 Å². The number of para-hydroxylation sites is 2. The smallest absolute Gasteiger partial charge is 0.0774 e. The molecule has 0 bridgehead atoms. The number of hydrogen-bond donors (Lipinski definition) is 0. The topological polar surface area (TPSA) is 43.9 Å². The predicted molar refractivity (Wildman–Crippen MR) is 198 cm³/mol. The molecule has 9 rings (SSSR count). The summed E-state index contributed by atoms with van der Waals surface area (Å²) in [6.45, 7) is 0. The van der Waals surface area contributed by atoms with Gasteiger partial charge in [0.15, 0.2) is 0 Å². The molecule has 243 valence electrons. The first kappa shape index (κ1) is 30.2. The van der Waals surface area contributed by atoms with Crippen LogP contribution in [0.15, 0.2) is 180 Å². The van der Waals surface area contributed by atoms with E-state index in [0.29, 0.717) is 16.7 Å². The van der Waals surface area contributed by atoms with Gasteiger partial charge in [0.2, 0.25) is 0 Å². The van der Waals surface area contributed by atoms with Gasteiger partial charge in [0.25, 0.3) is 0 Å². The summed E-state index contributed by atoms with van der Waals surface area (Å²) in [6.07, 6.45) is 3.21. The summed E-state index contributed by atoms with van der Waals surface area (Å²) in [6, 6.07) is 58.3. The fraction of sp³-hybridized carbons (Fsp3) is 0.0222. The van der Waals surface area contributed by atoms with E-state index in [2.05, 4.69) is 64.3 Å². The van der Waals surface area contributed by atoms with Crippen LogP contribution in [0.1, 0.15) is 13.9 Å². The second-order valence-electron chi connectivity index (χ2n) is 11.4. The SMILES string of the molecule is [2H]C([2H])(c1ccccc1)c1ccc2c(-c3nc4ccccc4n3-c3ccc(-c4ccccc4)cc3)[c-]oc2c1.[Ir].[c-]1ccccc1-c1ccccn1. The average Bonchev–Trinajstić information content (AvgIpc) is 3.81. The van der Waals surface area contributed by atoms with Crippen LogP contribution in [-0.4, -0.2) is 14.5 Å². The number of rotatable bonds is 6. The second-order valence-corrected chi connectivity index (χ2v) is 11.4. The molecule has 0 atom stereocenters. The number of benzene rings is 6. The number of fused-ring (bicyclic) bond motifs is 2. The van der Waals surface area contributed by atoms with Gasteiger partial charge < -0.3 is 14.0 Å². The van der Waals surface area contributed by atoms with E-state index in [1.807, 2.05) is 109 Å². The Balaban J connectivity index is 0.000000275. The maximum absolute atomic E-state index is 8.75. The van der Waals surface area contributed by atoms with Crippen LogP contribution in [0.25, 0.3) is 61.5 Å². The summed E-state index contributed by atoms with van der Waals surface area (Å²) in [5.74, 6) is 0.723. The minimum absolute atomic E-state index is 0. The van der Waals surface area contributed by atoms with Crippen LogP contribution >= 0.6 is 0 Å². The van der Waals surface area contributed by atoms with Crippen molar-refractivity contribution in [3.8, 4) is 39.5 Å². The molecule has 0 N–H and O–H groups in total. The zero-order valence-electron chi connectivity index (χ0n) is 28.8. The first-order valence-corrected chi connectivity index (χ1v) is 16.1. The van der Waals surface area contributed by atoms with Gasteiger partial charge in [0.05, 0.1) is 16.9 Å². The number of nitrogens with zero attached hydrogens (tertiary/aromatic N) is 3. The van der Waals surface area contributed by atoms with Crippen LogP contribution < -0.4 is 0 Å². The molecule has 6 aromatic carbocycles. The molecule has 3 aromatic heterocycles. The number of aromatic nitrogens is 3. The van der Waals surface area contributed by atoms with Gasteiger partial charge in [-0.1, -0.05) is 126 Å². The number of imidazole rings is 1. The third-order valence-corrected chi connectivity index (χ3v) is 8.24.